The summed E-state index contributed by atoms with van der Waals surface area (Å²) in [6.45, 7) is 9.21. The Morgan fingerprint density at radius 2 is 2.29 bits per heavy atom. The molecule has 8 heteroatoms. The summed E-state index contributed by atoms with van der Waals surface area (Å²) >= 11 is 3.36. The Bertz CT molecular complexity index is 536. The van der Waals surface area contributed by atoms with Crippen molar-refractivity contribution < 1.29 is 0 Å². The maximum absolute atomic E-state index is 4.56. The number of thiazole rings is 1. The highest BCUT2D eigenvalue weighted by atomic mass is 32.2. The third-order valence-electron chi connectivity index (χ3n) is 2.80. The Morgan fingerprint density at radius 3 is 3.00 bits per heavy atom. The molecule has 0 aromatic carbocycles. The van der Waals surface area contributed by atoms with Crippen molar-refractivity contribution in [2.24, 2.45) is 5.92 Å². The van der Waals surface area contributed by atoms with E-state index in [9.17, 15) is 0 Å². The molecule has 0 spiro atoms. The van der Waals surface area contributed by atoms with Gasteiger partial charge in [-0.1, -0.05) is 32.5 Å². The maximum atomic E-state index is 4.56. The van der Waals surface area contributed by atoms with Gasteiger partial charge in [0.15, 0.2) is 0 Å². The lowest BCUT2D eigenvalue weighted by molar-refractivity contribution is 0.482. The molecule has 0 atom stereocenters. The molecule has 0 bridgehead atoms. The van der Waals surface area contributed by atoms with E-state index in [1.165, 1.54) is 5.01 Å². The number of nitrogens with one attached hydrogen (secondary N) is 1. The van der Waals surface area contributed by atoms with Gasteiger partial charge in [0.25, 0.3) is 0 Å². The molecule has 0 aliphatic carbocycles. The summed E-state index contributed by atoms with van der Waals surface area (Å²) in [5.41, 5.74) is 1.11. The maximum Gasteiger partial charge on any atom is 0.209 e. The van der Waals surface area contributed by atoms with Gasteiger partial charge in [0, 0.05) is 17.7 Å². The molecular formula is C13H22N6S2. The van der Waals surface area contributed by atoms with E-state index in [1.807, 2.05) is 4.68 Å². The van der Waals surface area contributed by atoms with Crippen LogP contribution in [0.15, 0.2) is 10.5 Å². The van der Waals surface area contributed by atoms with Crippen LogP contribution >= 0.6 is 23.1 Å². The zero-order valence-electron chi connectivity index (χ0n) is 12.7. The van der Waals surface area contributed by atoms with Gasteiger partial charge in [-0.15, -0.1) is 16.4 Å². The standard InChI is InChI=1S/C13H22N6S2/c1-4-12-15-11(8-20-12)9-21-13-16-17-18-19(13)6-5-14-7-10(2)3/h8,10,14H,4-7,9H2,1-3H3. The first-order chi connectivity index (χ1) is 10.2. The zero-order chi connectivity index (χ0) is 15.1. The van der Waals surface area contributed by atoms with E-state index in [-0.39, 0.29) is 0 Å². The van der Waals surface area contributed by atoms with Crippen molar-refractivity contribution in [2.45, 2.75) is 44.6 Å². The molecule has 21 heavy (non-hydrogen) atoms. The molecule has 0 aliphatic rings. The number of rotatable bonds is 9. The minimum Gasteiger partial charge on any atom is -0.315 e. The van der Waals surface area contributed by atoms with Gasteiger partial charge in [-0.25, -0.2) is 9.67 Å². The van der Waals surface area contributed by atoms with Gasteiger partial charge in [0.2, 0.25) is 5.16 Å². The molecule has 2 heterocycles. The van der Waals surface area contributed by atoms with Crippen molar-refractivity contribution in [1.82, 2.24) is 30.5 Å². The molecule has 2 aromatic heterocycles. The van der Waals surface area contributed by atoms with Crippen LogP contribution in [0.5, 0.6) is 0 Å². The minimum absolute atomic E-state index is 0.658. The van der Waals surface area contributed by atoms with Gasteiger partial charge in [-0.05, 0) is 29.3 Å². The van der Waals surface area contributed by atoms with E-state index in [1.54, 1.807) is 23.1 Å². The van der Waals surface area contributed by atoms with Crippen molar-refractivity contribution in [3.63, 3.8) is 0 Å². The van der Waals surface area contributed by atoms with Crippen LogP contribution in [0.2, 0.25) is 0 Å². The van der Waals surface area contributed by atoms with E-state index < -0.39 is 0 Å². The second-order valence-electron chi connectivity index (χ2n) is 5.16. The van der Waals surface area contributed by atoms with Crippen molar-refractivity contribution in [1.29, 1.82) is 0 Å². The topological polar surface area (TPSA) is 68.5 Å². The van der Waals surface area contributed by atoms with Gasteiger partial charge >= 0.3 is 0 Å². The third kappa shape index (κ3) is 5.37. The summed E-state index contributed by atoms with van der Waals surface area (Å²) in [4.78, 5) is 4.56. The predicted molar refractivity (Wildman–Crippen MR) is 86.6 cm³/mol. The van der Waals surface area contributed by atoms with Crippen LogP contribution in [0, 0.1) is 5.92 Å². The number of thioether (sulfide) groups is 1. The molecule has 0 saturated heterocycles. The number of hydrogen-bond donors (Lipinski definition) is 1. The summed E-state index contributed by atoms with van der Waals surface area (Å²) in [6, 6.07) is 0. The zero-order valence-corrected chi connectivity index (χ0v) is 14.4. The van der Waals surface area contributed by atoms with Crippen LogP contribution in [-0.4, -0.2) is 38.3 Å². The van der Waals surface area contributed by atoms with Crippen LogP contribution in [-0.2, 0) is 18.7 Å². The first kappa shape index (κ1) is 16.4. The summed E-state index contributed by atoms with van der Waals surface area (Å²) < 4.78 is 1.85. The lowest BCUT2D eigenvalue weighted by atomic mass is 10.2. The highest BCUT2D eigenvalue weighted by Crippen LogP contribution is 2.21. The summed E-state index contributed by atoms with van der Waals surface area (Å²) in [5.74, 6) is 1.47. The second-order valence-corrected chi connectivity index (χ2v) is 7.04. The molecule has 2 rings (SSSR count). The van der Waals surface area contributed by atoms with Gasteiger partial charge in [-0.3, -0.25) is 0 Å². The summed E-state index contributed by atoms with van der Waals surface area (Å²) in [6.07, 6.45) is 0.995. The Balaban J connectivity index is 1.79. The van der Waals surface area contributed by atoms with E-state index in [0.29, 0.717) is 5.92 Å². The fraction of sp³-hybridized carbons (Fsp3) is 0.692. The van der Waals surface area contributed by atoms with Crippen LogP contribution in [0.25, 0.3) is 0 Å². The fourth-order valence-corrected chi connectivity index (χ4v) is 3.38. The molecule has 0 saturated carbocycles. The van der Waals surface area contributed by atoms with Gasteiger partial charge < -0.3 is 5.32 Å². The minimum atomic E-state index is 0.658. The second kappa shape index (κ2) is 8.45. The van der Waals surface area contributed by atoms with Gasteiger partial charge in [0.05, 0.1) is 17.2 Å². The van der Waals surface area contributed by atoms with Gasteiger partial charge in [0.1, 0.15) is 0 Å². The molecule has 1 N–H and O–H groups in total. The quantitative estimate of drug-likeness (QED) is 0.563. The van der Waals surface area contributed by atoms with Crippen molar-refractivity contribution >= 4 is 23.1 Å². The van der Waals surface area contributed by atoms with Crippen LogP contribution in [0.1, 0.15) is 31.5 Å². The molecule has 0 fully saturated rings. The van der Waals surface area contributed by atoms with Crippen LogP contribution < -0.4 is 5.32 Å². The van der Waals surface area contributed by atoms with E-state index in [0.717, 1.165) is 42.7 Å². The normalized spacial score (nSPS) is 11.4. The van der Waals surface area contributed by atoms with E-state index in [2.05, 4.69) is 52.0 Å². The number of aromatic nitrogens is 5. The smallest absolute Gasteiger partial charge is 0.209 e. The Labute approximate surface area is 133 Å². The average molecular weight is 326 g/mol. The molecule has 116 valence electrons. The highest BCUT2D eigenvalue weighted by Gasteiger charge is 2.08. The summed E-state index contributed by atoms with van der Waals surface area (Å²) in [5, 5.41) is 19.4. The molecule has 6 nitrogen and oxygen atoms in total. The molecule has 0 radical (unpaired) electrons. The Kier molecular flexibility index (Phi) is 6.59. The summed E-state index contributed by atoms with van der Waals surface area (Å²) in [7, 11) is 0. The number of tetrazole rings is 1. The van der Waals surface area contributed by atoms with E-state index >= 15 is 0 Å². The average Bonchev–Trinajstić information content (AvgIpc) is 3.10. The first-order valence-electron chi connectivity index (χ1n) is 7.22. The molecule has 0 aliphatic heterocycles. The fourth-order valence-electron chi connectivity index (χ4n) is 1.73. The van der Waals surface area contributed by atoms with Crippen molar-refractivity contribution in [3.05, 3.63) is 16.1 Å². The molecular weight excluding hydrogens is 304 g/mol. The van der Waals surface area contributed by atoms with Crippen molar-refractivity contribution in [3.8, 4) is 0 Å². The van der Waals surface area contributed by atoms with E-state index in [4.69, 9.17) is 0 Å². The lowest BCUT2D eigenvalue weighted by Crippen LogP contribution is -2.24. The number of hydrogen-bond acceptors (Lipinski definition) is 7. The number of aryl methyl sites for hydroxylation is 1. The van der Waals surface area contributed by atoms with Crippen molar-refractivity contribution in [2.75, 3.05) is 13.1 Å². The Hall–Kier alpha value is -0.990. The predicted octanol–water partition coefficient (Wildman–Crippen LogP) is 2.23. The van der Waals surface area contributed by atoms with Crippen LogP contribution in [0.3, 0.4) is 0 Å². The molecule has 0 unspecified atom stereocenters. The highest BCUT2D eigenvalue weighted by molar-refractivity contribution is 7.98. The third-order valence-corrected chi connectivity index (χ3v) is 4.84. The van der Waals surface area contributed by atoms with Gasteiger partial charge in [-0.2, -0.15) is 0 Å². The van der Waals surface area contributed by atoms with Crippen LogP contribution in [0.4, 0.5) is 0 Å². The number of nitrogens with zero attached hydrogens (tertiary/aromatic N) is 5. The SMILES string of the molecule is CCc1nc(CSc2nnnn2CCNCC(C)C)cs1. The monoisotopic (exact) mass is 326 g/mol. The largest absolute Gasteiger partial charge is 0.315 e. The lowest BCUT2D eigenvalue weighted by Gasteiger charge is -2.07. The molecule has 0 amide bonds. The molecule has 2 aromatic rings. The first-order valence-corrected chi connectivity index (χ1v) is 9.08. The Morgan fingerprint density at radius 1 is 1.43 bits per heavy atom.